The Morgan fingerprint density at radius 2 is 1.82 bits per heavy atom. The molecule has 176 valence electrons. The number of rotatable bonds is 7. The van der Waals surface area contributed by atoms with Gasteiger partial charge in [0, 0.05) is 49.7 Å². The molecule has 3 heterocycles. The molecule has 1 aromatic carbocycles. The maximum Gasteiger partial charge on any atom is 0.234 e. The highest BCUT2D eigenvalue weighted by Crippen LogP contribution is 2.43. The van der Waals surface area contributed by atoms with Crippen molar-refractivity contribution >= 4 is 34.7 Å². The van der Waals surface area contributed by atoms with Gasteiger partial charge in [-0.25, -0.2) is 0 Å². The van der Waals surface area contributed by atoms with Gasteiger partial charge in [0.15, 0.2) is 0 Å². The lowest BCUT2D eigenvalue weighted by atomic mass is 9.96. The maximum absolute atomic E-state index is 13.6. The summed E-state index contributed by atoms with van der Waals surface area (Å²) in [6.07, 6.45) is 1.13. The van der Waals surface area contributed by atoms with Gasteiger partial charge in [0.2, 0.25) is 17.7 Å². The summed E-state index contributed by atoms with van der Waals surface area (Å²) >= 11 is 1.59. The number of aryl methyl sites for hydroxylation is 1. The van der Waals surface area contributed by atoms with Crippen LogP contribution in [0, 0.1) is 12.8 Å². The van der Waals surface area contributed by atoms with Gasteiger partial charge in [0.05, 0.1) is 18.5 Å². The van der Waals surface area contributed by atoms with E-state index in [2.05, 4.69) is 10.2 Å². The van der Waals surface area contributed by atoms with E-state index in [1.807, 2.05) is 65.4 Å². The predicted molar refractivity (Wildman–Crippen MR) is 130 cm³/mol. The number of thiophene rings is 1. The molecule has 0 spiro atoms. The van der Waals surface area contributed by atoms with Crippen LogP contribution in [0.5, 0.6) is 0 Å². The van der Waals surface area contributed by atoms with Crippen molar-refractivity contribution in [3.05, 3.63) is 52.2 Å². The Kier molecular flexibility index (Phi) is 7.45. The lowest BCUT2D eigenvalue weighted by molar-refractivity contribution is -0.138. The van der Waals surface area contributed by atoms with Crippen LogP contribution < -0.4 is 10.2 Å². The number of carbonyl (C=O) groups excluding carboxylic acids is 3. The fourth-order valence-corrected chi connectivity index (χ4v) is 5.52. The lowest BCUT2D eigenvalue weighted by Crippen LogP contribution is -2.52. The molecule has 8 heteroatoms. The van der Waals surface area contributed by atoms with Gasteiger partial charge in [-0.3, -0.25) is 19.3 Å². The number of nitrogens with zero attached hydrogens (tertiary/aromatic N) is 3. The van der Waals surface area contributed by atoms with Crippen molar-refractivity contribution in [3.8, 4) is 0 Å². The molecule has 7 nitrogen and oxygen atoms in total. The predicted octanol–water partition coefficient (Wildman–Crippen LogP) is 2.82. The van der Waals surface area contributed by atoms with Gasteiger partial charge in [0.25, 0.3) is 0 Å². The molecule has 2 aliphatic rings. The minimum absolute atomic E-state index is 0.0122. The average molecular weight is 469 g/mol. The highest BCUT2D eigenvalue weighted by Gasteiger charge is 2.47. The van der Waals surface area contributed by atoms with E-state index in [4.69, 9.17) is 0 Å². The molecule has 0 bridgehead atoms. The Balaban J connectivity index is 1.46. The molecule has 2 unspecified atom stereocenters. The number of benzene rings is 1. The summed E-state index contributed by atoms with van der Waals surface area (Å²) in [5, 5.41) is 4.90. The Morgan fingerprint density at radius 3 is 2.45 bits per heavy atom. The first-order chi connectivity index (χ1) is 16.0. The summed E-state index contributed by atoms with van der Waals surface area (Å²) in [5.74, 6) is -0.352. The van der Waals surface area contributed by atoms with Gasteiger partial charge in [0.1, 0.15) is 0 Å². The number of amides is 3. The van der Waals surface area contributed by atoms with E-state index in [9.17, 15) is 14.4 Å². The van der Waals surface area contributed by atoms with Crippen LogP contribution in [0.4, 0.5) is 5.69 Å². The molecule has 2 atom stereocenters. The third kappa shape index (κ3) is 5.28. The van der Waals surface area contributed by atoms with Crippen molar-refractivity contribution in [2.75, 3.05) is 44.2 Å². The Morgan fingerprint density at radius 1 is 1.09 bits per heavy atom. The van der Waals surface area contributed by atoms with Crippen LogP contribution in [0.3, 0.4) is 0 Å². The zero-order valence-electron chi connectivity index (χ0n) is 19.3. The molecule has 2 fully saturated rings. The van der Waals surface area contributed by atoms with E-state index in [0.717, 1.165) is 22.5 Å². The molecule has 0 aliphatic carbocycles. The maximum atomic E-state index is 13.6. The van der Waals surface area contributed by atoms with E-state index in [1.54, 1.807) is 11.3 Å². The Hall–Kier alpha value is -2.71. The number of carbonyl (C=O) groups is 3. The summed E-state index contributed by atoms with van der Waals surface area (Å²) < 4.78 is 0. The van der Waals surface area contributed by atoms with E-state index >= 15 is 0 Å². The van der Waals surface area contributed by atoms with Crippen LogP contribution in [0.15, 0.2) is 41.8 Å². The first-order valence-electron chi connectivity index (χ1n) is 11.7. The van der Waals surface area contributed by atoms with Gasteiger partial charge in [-0.2, -0.15) is 0 Å². The smallest absolute Gasteiger partial charge is 0.234 e. The third-order valence-corrected chi connectivity index (χ3v) is 7.35. The molecular weight excluding hydrogens is 436 g/mol. The molecule has 2 saturated heterocycles. The van der Waals surface area contributed by atoms with Gasteiger partial charge < -0.3 is 15.1 Å². The molecule has 1 aromatic heterocycles. The molecular formula is C25H32N4O3S. The fraction of sp³-hybridized carbons (Fsp3) is 0.480. The lowest BCUT2D eigenvalue weighted by Gasteiger charge is -2.36. The molecule has 2 aliphatic heterocycles. The second-order valence-electron chi connectivity index (χ2n) is 8.82. The van der Waals surface area contributed by atoms with Gasteiger partial charge >= 0.3 is 0 Å². The van der Waals surface area contributed by atoms with Crippen LogP contribution in [-0.2, 0) is 14.4 Å². The quantitative estimate of drug-likeness (QED) is 0.678. The molecule has 0 saturated carbocycles. The molecule has 3 amide bonds. The fourth-order valence-electron chi connectivity index (χ4n) is 4.63. The zero-order valence-corrected chi connectivity index (χ0v) is 20.1. The van der Waals surface area contributed by atoms with E-state index in [-0.39, 0.29) is 30.2 Å². The highest BCUT2D eigenvalue weighted by atomic mass is 32.1. The van der Waals surface area contributed by atoms with E-state index < -0.39 is 5.92 Å². The number of hydrogen-bond donors (Lipinski definition) is 1. The minimum Gasteiger partial charge on any atom is -0.355 e. The summed E-state index contributed by atoms with van der Waals surface area (Å²) in [6, 6.07) is 11.6. The third-order valence-electron chi connectivity index (χ3n) is 6.41. The minimum atomic E-state index is -0.406. The normalized spacial score (nSPS) is 21.5. The van der Waals surface area contributed by atoms with Crippen LogP contribution in [0.25, 0.3) is 0 Å². The summed E-state index contributed by atoms with van der Waals surface area (Å²) in [6.45, 7) is 7.58. The Labute approximate surface area is 199 Å². The van der Waals surface area contributed by atoms with Crippen LogP contribution in [0.2, 0.25) is 0 Å². The molecule has 33 heavy (non-hydrogen) atoms. The van der Waals surface area contributed by atoms with Crippen molar-refractivity contribution in [2.45, 2.75) is 32.7 Å². The summed E-state index contributed by atoms with van der Waals surface area (Å²) in [4.78, 5) is 45.6. The van der Waals surface area contributed by atoms with Gasteiger partial charge in [-0.05, 0) is 36.9 Å². The Bertz CT molecular complexity index is 968. The second kappa shape index (κ2) is 10.5. The molecule has 1 N–H and O–H groups in total. The largest absolute Gasteiger partial charge is 0.355 e. The number of anilines is 1. The summed E-state index contributed by atoms with van der Waals surface area (Å²) in [7, 11) is 0. The van der Waals surface area contributed by atoms with Gasteiger partial charge in [-0.15, -0.1) is 11.3 Å². The van der Waals surface area contributed by atoms with Crippen LogP contribution in [0.1, 0.15) is 36.2 Å². The van der Waals surface area contributed by atoms with Crippen molar-refractivity contribution in [1.82, 2.24) is 15.1 Å². The molecule has 2 aromatic rings. The monoisotopic (exact) mass is 468 g/mol. The standard InChI is InChI=1S/C25H32N4O3S/c1-3-10-26-22(30)17-27-11-13-28(14-12-27)25(32)20-16-23(31)29(19-8-6-18(2)7-9-19)24(20)21-5-4-15-33-21/h4-9,15,20,24H,3,10-14,16-17H2,1-2H3,(H,26,30). The van der Waals surface area contributed by atoms with Crippen molar-refractivity contribution in [1.29, 1.82) is 0 Å². The zero-order chi connectivity index (χ0) is 23.4. The molecule has 4 rings (SSSR count). The number of piperazine rings is 1. The van der Waals surface area contributed by atoms with Crippen molar-refractivity contribution < 1.29 is 14.4 Å². The first kappa shape index (κ1) is 23.4. The highest BCUT2D eigenvalue weighted by molar-refractivity contribution is 7.10. The number of nitrogens with one attached hydrogen (secondary N) is 1. The van der Waals surface area contributed by atoms with Crippen LogP contribution in [-0.4, -0.2) is 66.8 Å². The SMILES string of the molecule is CCCNC(=O)CN1CCN(C(=O)C2CC(=O)N(c3ccc(C)cc3)C2c2cccs2)CC1. The molecule has 0 radical (unpaired) electrons. The van der Waals surface area contributed by atoms with E-state index in [0.29, 0.717) is 39.3 Å². The van der Waals surface area contributed by atoms with Crippen LogP contribution >= 0.6 is 11.3 Å². The second-order valence-corrected chi connectivity index (χ2v) is 9.80. The van der Waals surface area contributed by atoms with Gasteiger partial charge in [-0.1, -0.05) is 30.7 Å². The van der Waals surface area contributed by atoms with Crippen molar-refractivity contribution in [3.63, 3.8) is 0 Å². The average Bonchev–Trinajstić information content (AvgIpc) is 3.46. The first-order valence-corrected chi connectivity index (χ1v) is 12.6. The topological polar surface area (TPSA) is 73.0 Å². The van der Waals surface area contributed by atoms with E-state index in [1.165, 1.54) is 0 Å². The number of hydrogen-bond acceptors (Lipinski definition) is 5. The van der Waals surface area contributed by atoms with Crippen molar-refractivity contribution in [2.24, 2.45) is 5.92 Å². The summed E-state index contributed by atoms with van der Waals surface area (Å²) in [5.41, 5.74) is 1.97.